The smallest absolute Gasteiger partial charge is 0.121 e. The first-order valence-corrected chi connectivity index (χ1v) is 5.36. The number of nitrogens with one attached hydrogen (secondary N) is 1. The van der Waals surface area contributed by atoms with E-state index in [1.807, 2.05) is 18.2 Å². The first-order chi connectivity index (χ1) is 7.36. The Bertz CT molecular complexity index is 503. The average Bonchev–Trinajstić information content (AvgIpc) is 2.64. The summed E-state index contributed by atoms with van der Waals surface area (Å²) < 4.78 is 0. The maximum Gasteiger partial charge on any atom is 0.121 e. The number of H-pyrrole nitrogens is 1. The van der Waals surface area contributed by atoms with Crippen LogP contribution in [0.3, 0.4) is 0 Å². The minimum atomic E-state index is 0.727. The minimum Gasteiger partial charge on any atom is -0.346 e. The van der Waals surface area contributed by atoms with Gasteiger partial charge in [0, 0.05) is 10.9 Å². The highest BCUT2D eigenvalue weighted by molar-refractivity contribution is 5.85. The molecule has 0 saturated carbocycles. The molecule has 0 amide bonds. The van der Waals surface area contributed by atoms with Crippen molar-refractivity contribution < 1.29 is 0 Å². The van der Waals surface area contributed by atoms with Crippen molar-refractivity contribution in [2.75, 3.05) is 0 Å². The molecule has 0 aliphatic carbocycles. The number of hydrogen-bond donors (Lipinski definition) is 1. The minimum absolute atomic E-state index is 0.727. The SMILES string of the molecule is CCCCc1c(C#N)[nH]c2ccccc12. The fourth-order valence-corrected chi connectivity index (χ4v) is 1.91. The van der Waals surface area contributed by atoms with E-state index < -0.39 is 0 Å². The highest BCUT2D eigenvalue weighted by atomic mass is 14.7. The molecule has 2 heteroatoms. The molecule has 1 aromatic carbocycles. The van der Waals surface area contributed by atoms with Crippen LogP contribution in [0.5, 0.6) is 0 Å². The number of para-hydroxylation sites is 1. The summed E-state index contributed by atoms with van der Waals surface area (Å²) in [5.41, 5.74) is 2.97. The summed E-state index contributed by atoms with van der Waals surface area (Å²) in [6, 6.07) is 10.3. The fraction of sp³-hybridized carbons (Fsp3) is 0.308. The van der Waals surface area contributed by atoms with Gasteiger partial charge in [0.1, 0.15) is 11.8 Å². The van der Waals surface area contributed by atoms with Crippen molar-refractivity contribution in [2.45, 2.75) is 26.2 Å². The van der Waals surface area contributed by atoms with E-state index in [0.29, 0.717) is 0 Å². The van der Waals surface area contributed by atoms with Gasteiger partial charge in [-0.25, -0.2) is 0 Å². The Balaban J connectivity index is 2.53. The number of rotatable bonds is 3. The molecule has 1 heterocycles. The molecule has 0 saturated heterocycles. The summed E-state index contributed by atoms with van der Waals surface area (Å²) in [4.78, 5) is 3.16. The summed E-state index contributed by atoms with van der Waals surface area (Å²) in [5, 5.41) is 10.2. The number of benzene rings is 1. The number of fused-ring (bicyclic) bond motifs is 1. The van der Waals surface area contributed by atoms with Gasteiger partial charge < -0.3 is 4.98 Å². The van der Waals surface area contributed by atoms with Crippen molar-refractivity contribution in [3.8, 4) is 6.07 Å². The van der Waals surface area contributed by atoms with Crippen molar-refractivity contribution in [1.82, 2.24) is 4.98 Å². The van der Waals surface area contributed by atoms with Crippen molar-refractivity contribution in [3.63, 3.8) is 0 Å². The third-order valence-corrected chi connectivity index (χ3v) is 2.71. The van der Waals surface area contributed by atoms with E-state index in [0.717, 1.165) is 30.5 Å². The van der Waals surface area contributed by atoms with Gasteiger partial charge in [0.25, 0.3) is 0 Å². The molecule has 1 aromatic heterocycles. The van der Waals surface area contributed by atoms with Crippen LogP contribution in [0.4, 0.5) is 0 Å². The predicted octanol–water partition coefficient (Wildman–Crippen LogP) is 3.38. The molecule has 0 spiro atoms. The standard InChI is InChI=1S/C13H14N2/c1-2-3-6-11-10-7-4-5-8-12(10)15-13(11)9-14/h4-5,7-8,15H,2-3,6H2,1H3. The van der Waals surface area contributed by atoms with Crippen LogP contribution in [0, 0.1) is 11.3 Å². The summed E-state index contributed by atoms with van der Waals surface area (Å²) in [6.07, 6.45) is 3.28. The molecule has 1 N–H and O–H groups in total. The van der Waals surface area contributed by atoms with E-state index >= 15 is 0 Å². The molecular weight excluding hydrogens is 184 g/mol. The first-order valence-electron chi connectivity index (χ1n) is 5.36. The summed E-state index contributed by atoms with van der Waals surface area (Å²) in [7, 11) is 0. The van der Waals surface area contributed by atoms with E-state index in [1.54, 1.807) is 0 Å². The van der Waals surface area contributed by atoms with Crippen LogP contribution in [-0.4, -0.2) is 4.98 Å². The fourth-order valence-electron chi connectivity index (χ4n) is 1.91. The second-order valence-electron chi connectivity index (χ2n) is 3.74. The third-order valence-electron chi connectivity index (χ3n) is 2.71. The van der Waals surface area contributed by atoms with Gasteiger partial charge in [-0.2, -0.15) is 5.26 Å². The maximum atomic E-state index is 9.04. The molecule has 0 aliphatic rings. The van der Waals surface area contributed by atoms with Gasteiger partial charge in [-0.3, -0.25) is 0 Å². The zero-order chi connectivity index (χ0) is 10.7. The van der Waals surface area contributed by atoms with Gasteiger partial charge in [0.15, 0.2) is 0 Å². The predicted molar refractivity (Wildman–Crippen MR) is 61.6 cm³/mol. The zero-order valence-electron chi connectivity index (χ0n) is 8.88. The second kappa shape index (κ2) is 4.18. The van der Waals surface area contributed by atoms with Crippen LogP contribution >= 0.6 is 0 Å². The van der Waals surface area contributed by atoms with Crippen LogP contribution < -0.4 is 0 Å². The molecule has 15 heavy (non-hydrogen) atoms. The quantitative estimate of drug-likeness (QED) is 0.806. The Labute approximate surface area is 89.5 Å². The normalized spacial score (nSPS) is 10.4. The van der Waals surface area contributed by atoms with Gasteiger partial charge in [0.05, 0.1) is 0 Å². The molecular formula is C13H14N2. The van der Waals surface area contributed by atoms with Gasteiger partial charge in [-0.05, 0) is 24.5 Å². The number of nitrogens with zero attached hydrogens (tertiary/aromatic N) is 1. The summed E-state index contributed by atoms with van der Waals surface area (Å²) >= 11 is 0. The van der Waals surface area contributed by atoms with Gasteiger partial charge in [0.2, 0.25) is 0 Å². The average molecular weight is 198 g/mol. The second-order valence-corrected chi connectivity index (χ2v) is 3.74. The van der Waals surface area contributed by atoms with Crippen molar-refractivity contribution in [1.29, 1.82) is 5.26 Å². The van der Waals surface area contributed by atoms with Crippen molar-refractivity contribution >= 4 is 10.9 Å². The largest absolute Gasteiger partial charge is 0.346 e. The molecule has 0 fully saturated rings. The summed E-state index contributed by atoms with van der Waals surface area (Å²) in [5.74, 6) is 0. The van der Waals surface area contributed by atoms with E-state index in [2.05, 4.69) is 24.0 Å². The third kappa shape index (κ3) is 1.73. The van der Waals surface area contributed by atoms with E-state index in [1.165, 1.54) is 10.9 Å². The number of unbranched alkanes of at least 4 members (excludes halogenated alkanes) is 1. The number of aromatic amines is 1. The Kier molecular flexibility index (Phi) is 2.73. The monoisotopic (exact) mass is 198 g/mol. The molecule has 0 radical (unpaired) electrons. The lowest BCUT2D eigenvalue weighted by atomic mass is 10.1. The summed E-state index contributed by atoms with van der Waals surface area (Å²) in [6.45, 7) is 2.17. The van der Waals surface area contributed by atoms with Crippen molar-refractivity contribution in [3.05, 3.63) is 35.5 Å². The Hall–Kier alpha value is -1.75. The van der Waals surface area contributed by atoms with E-state index in [9.17, 15) is 0 Å². The molecule has 0 aliphatic heterocycles. The topological polar surface area (TPSA) is 39.6 Å². The van der Waals surface area contributed by atoms with Crippen LogP contribution in [-0.2, 0) is 6.42 Å². The number of nitriles is 1. The molecule has 2 rings (SSSR count). The lowest BCUT2D eigenvalue weighted by Crippen LogP contribution is -1.86. The lowest BCUT2D eigenvalue weighted by Gasteiger charge is -1.97. The van der Waals surface area contributed by atoms with Crippen LogP contribution in [0.2, 0.25) is 0 Å². The maximum absolute atomic E-state index is 9.04. The molecule has 0 atom stereocenters. The number of aromatic nitrogens is 1. The van der Waals surface area contributed by atoms with Crippen LogP contribution in [0.1, 0.15) is 31.0 Å². The highest BCUT2D eigenvalue weighted by Crippen LogP contribution is 2.23. The van der Waals surface area contributed by atoms with Gasteiger partial charge in [-0.1, -0.05) is 31.5 Å². The van der Waals surface area contributed by atoms with Gasteiger partial charge in [-0.15, -0.1) is 0 Å². The molecule has 0 unspecified atom stereocenters. The number of aryl methyl sites for hydroxylation is 1. The highest BCUT2D eigenvalue weighted by Gasteiger charge is 2.09. The molecule has 0 bridgehead atoms. The van der Waals surface area contributed by atoms with Crippen molar-refractivity contribution in [2.24, 2.45) is 0 Å². The van der Waals surface area contributed by atoms with Crippen LogP contribution in [0.25, 0.3) is 10.9 Å². The Morgan fingerprint density at radius 3 is 2.87 bits per heavy atom. The van der Waals surface area contributed by atoms with Gasteiger partial charge >= 0.3 is 0 Å². The van der Waals surface area contributed by atoms with E-state index in [-0.39, 0.29) is 0 Å². The first kappa shape index (κ1) is 9.79. The Morgan fingerprint density at radius 2 is 2.13 bits per heavy atom. The zero-order valence-corrected chi connectivity index (χ0v) is 8.88. The molecule has 2 aromatic rings. The van der Waals surface area contributed by atoms with E-state index in [4.69, 9.17) is 5.26 Å². The van der Waals surface area contributed by atoms with Crippen LogP contribution in [0.15, 0.2) is 24.3 Å². The molecule has 2 nitrogen and oxygen atoms in total. The number of hydrogen-bond acceptors (Lipinski definition) is 1. The lowest BCUT2D eigenvalue weighted by molar-refractivity contribution is 0.797. The Morgan fingerprint density at radius 1 is 1.33 bits per heavy atom. The molecule has 76 valence electrons.